The van der Waals surface area contributed by atoms with Crippen molar-refractivity contribution in [2.45, 2.75) is 6.92 Å². The number of imidazole rings is 1. The van der Waals surface area contributed by atoms with E-state index in [-0.39, 0.29) is 0 Å². The Bertz CT molecular complexity index is 1120. The van der Waals surface area contributed by atoms with E-state index in [1.54, 1.807) is 0 Å². The molecule has 4 aromatic rings. The van der Waals surface area contributed by atoms with Crippen molar-refractivity contribution in [1.82, 2.24) is 9.38 Å². The number of benzene rings is 2. The van der Waals surface area contributed by atoms with Gasteiger partial charge >= 0.3 is 0 Å². The van der Waals surface area contributed by atoms with Crippen molar-refractivity contribution in [3.05, 3.63) is 72.4 Å². The van der Waals surface area contributed by atoms with Gasteiger partial charge in [0.1, 0.15) is 30.4 Å². The molecule has 0 saturated heterocycles. The summed E-state index contributed by atoms with van der Waals surface area (Å²) in [4.78, 5) is 4.84. The molecule has 2 aromatic carbocycles. The average Bonchev–Trinajstić information content (AvgIpc) is 3.07. The van der Waals surface area contributed by atoms with Gasteiger partial charge in [0.25, 0.3) is 0 Å². The third kappa shape index (κ3) is 2.87. The third-order valence-electron chi connectivity index (χ3n) is 4.66. The summed E-state index contributed by atoms with van der Waals surface area (Å²) in [6.45, 7) is 3.24. The molecule has 1 aliphatic heterocycles. The SMILES string of the molecule is Cc1ccc(-c2nc3ccccn3c2Nc2ccc3c(c2)OCCO3)cc1. The van der Waals surface area contributed by atoms with E-state index in [1.807, 2.05) is 42.6 Å². The average molecular weight is 357 g/mol. The van der Waals surface area contributed by atoms with Crippen LogP contribution in [0.1, 0.15) is 5.56 Å². The van der Waals surface area contributed by atoms with Crippen LogP contribution >= 0.6 is 0 Å². The molecule has 0 bridgehead atoms. The van der Waals surface area contributed by atoms with E-state index >= 15 is 0 Å². The number of ether oxygens (including phenoxy) is 2. The monoisotopic (exact) mass is 357 g/mol. The second-order valence-corrected chi connectivity index (χ2v) is 6.59. The molecule has 2 aromatic heterocycles. The fourth-order valence-electron chi connectivity index (χ4n) is 3.29. The predicted molar refractivity (Wildman–Crippen MR) is 106 cm³/mol. The normalized spacial score (nSPS) is 12.9. The number of aryl methyl sites for hydroxylation is 1. The first kappa shape index (κ1) is 15.8. The number of hydrogen-bond donors (Lipinski definition) is 1. The lowest BCUT2D eigenvalue weighted by atomic mass is 10.1. The van der Waals surface area contributed by atoms with Crippen molar-refractivity contribution in [1.29, 1.82) is 0 Å². The lowest BCUT2D eigenvalue weighted by molar-refractivity contribution is 0.171. The summed E-state index contributed by atoms with van der Waals surface area (Å²) in [5.74, 6) is 2.46. The molecule has 0 unspecified atom stereocenters. The van der Waals surface area contributed by atoms with Crippen LogP contribution in [-0.4, -0.2) is 22.6 Å². The van der Waals surface area contributed by atoms with Crippen LogP contribution in [0.25, 0.3) is 16.9 Å². The van der Waals surface area contributed by atoms with Gasteiger partial charge in [-0.2, -0.15) is 0 Å². The molecule has 5 heteroatoms. The fourth-order valence-corrected chi connectivity index (χ4v) is 3.29. The topological polar surface area (TPSA) is 47.8 Å². The van der Waals surface area contributed by atoms with E-state index in [1.165, 1.54) is 5.56 Å². The quantitative estimate of drug-likeness (QED) is 0.571. The Labute approximate surface area is 157 Å². The van der Waals surface area contributed by atoms with E-state index in [0.29, 0.717) is 13.2 Å². The summed E-state index contributed by atoms with van der Waals surface area (Å²) in [6.07, 6.45) is 2.01. The minimum Gasteiger partial charge on any atom is -0.486 e. The number of hydrogen-bond acceptors (Lipinski definition) is 4. The Kier molecular flexibility index (Phi) is 3.71. The third-order valence-corrected chi connectivity index (χ3v) is 4.66. The molecule has 0 radical (unpaired) electrons. The number of rotatable bonds is 3. The summed E-state index contributed by atoms with van der Waals surface area (Å²) >= 11 is 0. The van der Waals surface area contributed by atoms with Crippen molar-refractivity contribution in [2.24, 2.45) is 0 Å². The fraction of sp³-hybridized carbons (Fsp3) is 0.136. The minimum atomic E-state index is 0.570. The molecular weight excluding hydrogens is 338 g/mol. The van der Waals surface area contributed by atoms with E-state index < -0.39 is 0 Å². The Morgan fingerprint density at radius 1 is 0.926 bits per heavy atom. The molecular formula is C22H19N3O2. The highest BCUT2D eigenvalue weighted by atomic mass is 16.6. The van der Waals surface area contributed by atoms with Crippen LogP contribution in [0.3, 0.4) is 0 Å². The van der Waals surface area contributed by atoms with Crippen LogP contribution in [0, 0.1) is 6.92 Å². The van der Waals surface area contributed by atoms with Crippen LogP contribution < -0.4 is 14.8 Å². The summed E-state index contributed by atoms with van der Waals surface area (Å²) in [5.41, 5.74) is 5.04. The first-order valence-corrected chi connectivity index (χ1v) is 8.99. The van der Waals surface area contributed by atoms with Crippen LogP contribution in [0.15, 0.2) is 66.9 Å². The van der Waals surface area contributed by atoms with Gasteiger partial charge in [-0.1, -0.05) is 35.9 Å². The molecule has 0 amide bonds. The Hall–Kier alpha value is -3.47. The zero-order valence-corrected chi connectivity index (χ0v) is 15.0. The van der Waals surface area contributed by atoms with Gasteiger partial charge in [0, 0.05) is 23.5 Å². The van der Waals surface area contributed by atoms with Crippen LogP contribution in [0.2, 0.25) is 0 Å². The van der Waals surface area contributed by atoms with Gasteiger partial charge in [-0.3, -0.25) is 4.40 Å². The minimum absolute atomic E-state index is 0.570. The van der Waals surface area contributed by atoms with Gasteiger partial charge < -0.3 is 14.8 Å². The van der Waals surface area contributed by atoms with Gasteiger partial charge in [0.2, 0.25) is 0 Å². The Morgan fingerprint density at radius 2 is 1.74 bits per heavy atom. The Morgan fingerprint density at radius 3 is 2.59 bits per heavy atom. The second kappa shape index (κ2) is 6.36. The maximum Gasteiger partial charge on any atom is 0.163 e. The van der Waals surface area contributed by atoms with Crippen molar-refractivity contribution in [3.63, 3.8) is 0 Å². The number of aromatic nitrogens is 2. The first-order chi connectivity index (χ1) is 13.3. The molecule has 0 atom stereocenters. The molecule has 0 saturated carbocycles. The predicted octanol–water partition coefficient (Wildman–Crippen LogP) is 4.82. The summed E-state index contributed by atoms with van der Waals surface area (Å²) < 4.78 is 13.4. The molecule has 3 heterocycles. The molecule has 1 N–H and O–H groups in total. The van der Waals surface area contributed by atoms with Crippen LogP contribution in [0.5, 0.6) is 11.5 Å². The lowest BCUT2D eigenvalue weighted by Gasteiger charge is -2.19. The molecule has 0 aliphatic carbocycles. The maximum absolute atomic E-state index is 5.71. The van der Waals surface area contributed by atoms with E-state index in [4.69, 9.17) is 14.5 Å². The van der Waals surface area contributed by atoms with E-state index in [0.717, 1.165) is 39.9 Å². The second-order valence-electron chi connectivity index (χ2n) is 6.59. The molecule has 134 valence electrons. The van der Waals surface area contributed by atoms with Crippen molar-refractivity contribution in [2.75, 3.05) is 18.5 Å². The smallest absolute Gasteiger partial charge is 0.163 e. The van der Waals surface area contributed by atoms with Crippen LogP contribution in [-0.2, 0) is 0 Å². The molecule has 1 aliphatic rings. The zero-order chi connectivity index (χ0) is 18.2. The summed E-state index contributed by atoms with van der Waals surface area (Å²) in [7, 11) is 0. The maximum atomic E-state index is 5.71. The van der Waals surface area contributed by atoms with Crippen molar-refractivity contribution >= 4 is 17.2 Å². The number of nitrogens with one attached hydrogen (secondary N) is 1. The van der Waals surface area contributed by atoms with E-state index in [2.05, 4.69) is 40.9 Å². The number of anilines is 2. The van der Waals surface area contributed by atoms with Gasteiger partial charge in [-0.15, -0.1) is 0 Å². The first-order valence-electron chi connectivity index (χ1n) is 8.99. The molecule has 5 rings (SSSR count). The summed E-state index contributed by atoms with van der Waals surface area (Å²) in [6, 6.07) is 20.3. The Balaban J connectivity index is 1.61. The van der Waals surface area contributed by atoms with Gasteiger partial charge in [-0.25, -0.2) is 4.98 Å². The highest BCUT2D eigenvalue weighted by molar-refractivity contribution is 5.80. The standard InChI is InChI=1S/C22H19N3O2/c1-15-5-7-16(8-6-15)21-22(25-11-3-2-4-20(25)24-21)23-17-9-10-18-19(14-17)27-13-12-26-18/h2-11,14,23H,12-13H2,1H3. The van der Waals surface area contributed by atoms with Crippen molar-refractivity contribution < 1.29 is 9.47 Å². The van der Waals surface area contributed by atoms with Gasteiger partial charge in [-0.05, 0) is 31.2 Å². The number of fused-ring (bicyclic) bond motifs is 2. The van der Waals surface area contributed by atoms with E-state index in [9.17, 15) is 0 Å². The summed E-state index contributed by atoms with van der Waals surface area (Å²) in [5, 5.41) is 3.52. The van der Waals surface area contributed by atoms with Gasteiger partial charge in [0.15, 0.2) is 11.5 Å². The van der Waals surface area contributed by atoms with Crippen LogP contribution in [0.4, 0.5) is 11.5 Å². The highest BCUT2D eigenvalue weighted by Gasteiger charge is 2.16. The molecule has 5 nitrogen and oxygen atoms in total. The molecule has 27 heavy (non-hydrogen) atoms. The van der Waals surface area contributed by atoms with Crippen molar-refractivity contribution in [3.8, 4) is 22.8 Å². The van der Waals surface area contributed by atoms with Gasteiger partial charge in [0.05, 0.1) is 0 Å². The molecule has 0 spiro atoms. The molecule has 0 fully saturated rings. The highest BCUT2D eigenvalue weighted by Crippen LogP contribution is 2.36. The lowest BCUT2D eigenvalue weighted by Crippen LogP contribution is -2.15. The zero-order valence-electron chi connectivity index (χ0n) is 15.0. The largest absolute Gasteiger partial charge is 0.486 e. The number of pyridine rings is 1. The number of nitrogens with zero attached hydrogens (tertiary/aromatic N) is 2.